The molecule has 2 amide bonds. The zero-order chi connectivity index (χ0) is 19.8. The highest BCUT2D eigenvalue weighted by Gasteiger charge is 2.19. The fourth-order valence-corrected chi connectivity index (χ4v) is 2.93. The van der Waals surface area contributed by atoms with Crippen LogP contribution in [0.25, 0.3) is 0 Å². The number of carbonyl (C=O) groups excluding carboxylic acids is 2. The first-order chi connectivity index (χ1) is 13.0. The van der Waals surface area contributed by atoms with Gasteiger partial charge < -0.3 is 15.5 Å². The van der Waals surface area contributed by atoms with Crippen molar-refractivity contribution in [2.45, 2.75) is 20.4 Å². The number of hydrogen-bond donors (Lipinski definition) is 2. The first-order valence-electron chi connectivity index (χ1n) is 9.04. The summed E-state index contributed by atoms with van der Waals surface area (Å²) in [6.45, 7) is 5.40. The van der Waals surface area contributed by atoms with Crippen LogP contribution in [-0.2, 0) is 11.3 Å². The minimum Gasteiger partial charge on any atom is -0.335 e. The third-order valence-electron chi connectivity index (χ3n) is 4.31. The van der Waals surface area contributed by atoms with Crippen LogP contribution in [0, 0.1) is 5.92 Å². The second-order valence-electron chi connectivity index (χ2n) is 6.45. The zero-order valence-corrected chi connectivity index (χ0v) is 16.7. The normalized spacial score (nSPS) is 11.7. The summed E-state index contributed by atoms with van der Waals surface area (Å²) in [6.07, 6.45) is 0. The lowest BCUT2D eigenvalue weighted by Gasteiger charge is -2.22. The largest absolute Gasteiger partial charge is 0.335 e. The molecule has 0 aliphatic carbocycles. The minimum atomic E-state index is -0.185. The summed E-state index contributed by atoms with van der Waals surface area (Å²) in [7, 11) is 1.80. The molecule has 0 saturated carbocycles. The maximum absolute atomic E-state index is 13.0. The van der Waals surface area contributed by atoms with Crippen LogP contribution in [0.2, 0.25) is 5.02 Å². The lowest BCUT2D eigenvalue weighted by Crippen LogP contribution is -2.31. The number of rotatable bonds is 8. The fourth-order valence-electron chi connectivity index (χ4n) is 2.73. The van der Waals surface area contributed by atoms with Crippen molar-refractivity contribution in [1.82, 2.24) is 10.2 Å². The molecule has 0 aliphatic rings. The van der Waals surface area contributed by atoms with Gasteiger partial charge in [-0.25, -0.2) is 0 Å². The average molecular weight is 388 g/mol. The number of benzene rings is 2. The van der Waals surface area contributed by atoms with Crippen LogP contribution in [0.4, 0.5) is 5.69 Å². The number of amides is 2. The SMILES string of the molecule is CCN(Cc1ccccc1)C(=O)c1cc(NC(=O)C(C)CNC)ccc1Cl. The Morgan fingerprint density at radius 3 is 2.48 bits per heavy atom. The van der Waals surface area contributed by atoms with E-state index in [1.54, 1.807) is 30.1 Å². The van der Waals surface area contributed by atoms with E-state index in [1.165, 1.54) is 0 Å². The molecule has 27 heavy (non-hydrogen) atoms. The van der Waals surface area contributed by atoms with Gasteiger partial charge in [-0.3, -0.25) is 9.59 Å². The van der Waals surface area contributed by atoms with Crippen molar-refractivity contribution in [2.24, 2.45) is 5.92 Å². The van der Waals surface area contributed by atoms with E-state index in [9.17, 15) is 9.59 Å². The molecular weight excluding hydrogens is 362 g/mol. The van der Waals surface area contributed by atoms with Gasteiger partial charge in [-0.2, -0.15) is 0 Å². The van der Waals surface area contributed by atoms with E-state index in [0.29, 0.717) is 35.9 Å². The Morgan fingerprint density at radius 2 is 1.85 bits per heavy atom. The lowest BCUT2D eigenvalue weighted by molar-refractivity contribution is -0.119. The van der Waals surface area contributed by atoms with Crippen molar-refractivity contribution in [1.29, 1.82) is 0 Å². The quantitative estimate of drug-likeness (QED) is 0.724. The topological polar surface area (TPSA) is 61.4 Å². The molecule has 0 spiro atoms. The molecule has 0 heterocycles. The summed E-state index contributed by atoms with van der Waals surface area (Å²) >= 11 is 6.27. The Morgan fingerprint density at radius 1 is 1.15 bits per heavy atom. The second kappa shape index (κ2) is 10.1. The van der Waals surface area contributed by atoms with Crippen LogP contribution in [-0.4, -0.2) is 36.9 Å². The fraction of sp³-hybridized carbons (Fsp3) is 0.333. The van der Waals surface area contributed by atoms with E-state index in [-0.39, 0.29) is 17.7 Å². The molecule has 0 aliphatic heterocycles. The van der Waals surface area contributed by atoms with Gasteiger partial charge in [0.05, 0.1) is 10.6 Å². The number of nitrogens with zero attached hydrogens (tertiary/aromatic N) is 1. The number of anilines is 1. The van der Waals surface area contributed by atoms with Gasteiger partial charge in [0.1, 0.15) is 0 Å². The number of hydrogen-bond acceptors (Lipinski definition) is 3. The van der Waals surface area contributed by atoms with Crippen LogP contribution in [0.1, 0.15) is 29.8 Å². The maximum Gasteiger partial charge on any atom is 0.255 e. The van der Waals surface area contributed by atoms with Crippen LogP contribution in [0.3, 0.4) is 0 Å². The molecule has 2 aromatic carbocycles. The summed E-state index contributed by atoms with van der Waals surface area (Å²) < 4.78 is 0. The molecule has 1 unspecified atom stereocenters. The van der Waals surface area contributed by atoms with Crippen molar-refractivity contribution >= 4 is 29.1 Å². The van der Waals surface area contributed by atoms with Gasteiger partial charge in [0.2, 0.25) is 5.91 Å². The molecule has 0 bridgehead atoms. The van der Waals surface area contributed by atoms with E-state index in [2.05, 4.69) is 10.6 Å². The Kier molecular flexibility index (Phi) is 7.82. The van der Waals surface area contributed by atoms with E-state index in [1.807, 2.05) is 44.2 Å². The summed E-state index contributed by atoms with van der Waals surface area (Å²) in [6, 6.07) is 14.8. The highest BCUT2D eigenvalue weighted by molar-refractivity contribution is 6.34. The van der Waals surface area contributed by atoms with Crippen molar-refractivity contribution in [2.75, 3.05) is 25.5 Å². The Bertz CT molecular complexity index is 780. The van der Waals surface area contributed by atoms with Crippen molar-refractivity contribution in [3.8, 4) is 0 Å². The first-order valence-corrected chi connectivity index (χ1v) is 9.42. The summed E-state index contributed by atoms with van der Waals surface area (Å²) in [5.41, 5.74) is 1.99. The van der Waals surface area contributed by atoms with Gasteiger partial charge in [0.25, 0.3) is 5.91 Å². The number of halogens is 1. The molecule has 6 heteroatoms. The van der Waals surface area contributed by atoms with Gasteiger partial charge >= 0.3 is 0 Å². The van der Waals surface area contributed by atoms with Crippen LogP contribution in [0.15, 0.2) is 48.5 Å². The lowest BCUT2D eigenvalue weighted by atomic mass is 10.1. The van der Waals surface area contributed by atoms with Gasteiger partial charge in [-0.15, -0.1) is 0 Å². The maximum atomic E-state index is 13.0. The Hall–Kier alpha value is -2.37. The van der Waals surface area contributed by atoms with E-state index in [4.69, 9.17) is 11.6 Å². The van der Waals surface area contributed by atoms with Crippen LogP contribution < -0.4 is 10.6 Å². The highest BCUT2D eigenvalue weighted by atomic mass is 35.5. The second-order valence-corrected chi connectivity index (χ2v) is 6.85. The predicted octanol–water partition coefficient (Wildman–Crippen LogP) is 3.80. The van der Waals surface area contributed by atoms with Gasteiger partial charge in [0, 0.05) is 31.2 Å². The highest BCUT2D eigenvalue weighted by Crippen LogP contribution is 2.23. The molecule has 1 atom stereocenters. The Labute approximate surface area is 165 Å². The monoisotopic (exact) mass is 387 g/mol. The van der Waals surface area contributed by atoms with Gasteiger partial charge in [0.15, 0.2) is 0 Å². The third-order valence-corrected chi connectivity index (χ3v) is 4.64. The van der Waals surface area contributed by atoms with Crippen molar-refractivity contribution < 1.29 is 9.59 Å². The standard InChI is InChI=1S/C21H26ClN3O2/c1-4-25(14-16-8-6-5-7-9-16)21(27)18-12-17(10-11-19(18)22)24-20(26)15(2)13-23-3/h5-12,15,23H,4,13-14H2,1-3H3,(H,24,26). The van der Waals surface area contributed by atoms with Crippen molar-refractivity contribution in [3.63, 3.8) is 0 Å². The number of nitrogens with one attached hydrogen (secondary N) is 2. The number of carbonyl (C=O) groups is 2. The van der Waals surface area contributed by atoms with Gasteiger partial charge in [-0.1, -0.05) is 48.9 Å². The molecule has 0 aromatic heterocycles. The zero-order valence-electron chi connectivity index (χ0n) is 16.0. The summed E-state index contributed by atoms with van der Waals surface area (Å²) in [4.78, 5) is 26.9. The third kappa shape index (κ3) is 5.81. The first kappa shape index (κ1) is 20.9. The van der Waals surface area contributed by atoms with E-state index in [0.717, 1.165) is 5.56 Å². The van der Waals surface area contributed by atoms with Crippen LogP contribution >= 0.6 is 11.6 Å². The molecule has 0 saturated heterocycles. The van der Waals surface area contributed by atoms with E-state index < -0.39 is 0 Å². The van der Waals surface area contributed by atoms with E-state index >= 15 is 0 Å². The Balaban J connectivity index is 2.18. The van der Waals surface area contributed by atoms with Crippen molar-refractivity contribution in [3.05, 3.63) is 64.7 Å². The molecule has 5 nitrogen and oxygen atoms in total. The molecule has 0 radical (unpaired) electrons. The summed E-state index contributed by atoms with van der Waals surface area (Å²) in [5.74, 6) is -0.456. The molecule has 2 aromatic rings. The summed E-state index contributed by atoms with van der Waals surface area (Å²) in [5, 5.41) is 6.19. The molecule has 2 N–H and O–H groups in total. The molecule has 0 fully saturated rings. The molecular formula is C21H26ClN3O2. The average Bonchev–Trinajstić information content (AvgIpc) is 2.68. The minimum absolute atomic E-state index is 0.110. The van der Waals surface area contributed by atoms with Crippen LogP contribution in [0.5, 0.6) is 0 Å². The predicted molar refractivity (Wildman–Crippen MR) is 110 cm³/mol. The smallest absolute Gasteiger partial charge is 0.255 e. The van der Waals surface area contributed by atoms with Gasteiger partial charge in [-0.05, 0) is 37.7 Å². The molecule has 144 valence electrons. The molecule has 2 rings (SSSR count).